The average molecular weight is 318 g/mol. The number of hydrogen-bond acceptors (Lipinski definition) is 3. The number of ether oxygens (including phenoxy) is 2. The summed E-state index contributed by atoms with van der Waals surface area (Å²) in [5, 5.41) is 4.16. The van der Waals surface area contributed by atoms with Gasteiger partial charge in [-0.1, -0.05) is 23.7 Å². The lowest BCUT2D eigenvalue weighted by Gasteiger charge is -2.12. The van der Waals surface area contributed by atoms with Crippen LogP contribution in [-0.2, 0) is 6.61 Å². The van der Waals surface area contributed by atoms with Crippen LogP contribution in [0.1, 0.15) is 18.4 Å². The Bertz CT molecular complexity index is 577. The van der Waals surface area contributed by atoms with Crippen molar-refractivity contribution in [3.63, 3.8) is 0 Å². The molecule has 1 N–H and O–H groups in total. The third-order valence-electron chi connectivity index (χ3n) is 3.76. The van der Waals surface area contributed by atoms with Crippen LogP contribution >= 0.6 is 11.6 Å². The van der Waals surface area contributed by atoms with Gasteiger partial charge in [0.05, 0.1) is 0 Å². The minimum Gasteiger partial charge on any atom is -0.492 e. The first-order chi connectivity index (χ1) is 10.8. The molecule has 2 aromatic rings. The Morgan fingerprint density at radius 1 is 0.955 bits per heavy atom. The van der Waals surface area contributed by atoms with Crippen LogP contribution in [0, 0.1) is 0 Å². The molecule has 3 nitrogen and oxygen atoms in total. The number of nitrogens with one attached hydrogen (secondary N) is 1. The second kappa shape index (κ2) is 7.52. The van der Waals surface area contributed by atoms with Gasteiger partial charge in [0, 0.05) is 11.1 Å². The van der Waals surface area contributed by atoms with Crippen LogP contribution in [0.4, 0.5) is 0 Å². The maximum atomic E-state index is 5.86. The van der Waals surface area contributed by atoms with E-state index in [1.165, 1.54) is 12.8 Å². The largest absolute Gasteiger partial charge is 0.492 e. The molecule has 0 unspecified atom stereocenters. The lowest BCUT2D eigenvalue weighted by atomic mass is 10.2. The van der Waals surface area contributed by atoms with Crippen LogP contribution in [0.3, 0.4) is 0 Å². The highest BCUT2D eigenvalue weighted by Crippen LogP contribution is 2.20. The molecule has 1 fully saturated rings. The zero-order valence-electron chi connectivity index (χ0n) is 12.4. The lowest BCUT2D eigenvalue weighted by molar-refractivity contribution is 0.275. The molecule has 1 heterocycles. The van der Waals surface area contributed by atoms with Crippen molar-refractivity contribution in [3.8, 4) is 11.5 Å². The molecule has 0 amide bonds. The predicted octanol–water partition coefficient (Wildman–Crippen LogP) is 4.05. The van der Waals surface area contributed by atoms with Gasteiger partial charge in [-0.3, -0.25) is 0 Å². The Labute approximate surface area is 136 Å². The standard InChI is InChI=1S/C18H20ClNO2/c19-15-5-3-14(4-6-15)12-21-17-7-9-18(10-8-17)22-13-16-2-1-11-20-16/h3-10,16,20H,1-2,11-13H2/t16-/m1/s1. The van der Waals surface area contributed by atoms with Crippen LogP contribution < -0.4 is 14.8 Å². The van der Waals surface area contributed by atoms with Gasteiger partial charge in [-0.25, -0.2) is 0 Å². The number of halogens is 1. The summed E-state index contributed by atoms with van der Waals surface area (Å²) in [7, 11) is 0. The molecule has 0 spiro atoms. The molecule has 0 bridgehead atoms. The number of rotatable bonds is 6. The first kappa shape index (κ1) is 15.2. The summed E-state index contributed by atoms with van der Waals surface area (Å²) in [5.41, 5.74) is 1.09. The van der Waals surface area contributed by atoms with E-state index in [4.69, 9.17) is 21.1 Å². The van der Waals surface area contributed by atoms with Crippen LogP contribution in [0.2, 0.25) is 5.02 Å². The second-order valence-electron chi connectivity index (χ2n) is 5.49. The first-order valence-electron chi connectivity index (χ1n) is 7.63. The molecular formula is C18H20ClNO2. The van der Waals surface area contributed by atoms with Crippen molar-refractivity contribution in [2.45, 2.75) is 25.5 Å². The van der Waals surface area contributed by atoms with E-state index in [-0.39, 0.29) is 0 Å². The van der Waals surface area contributed by atoms with E-state index in [1.807, 2.05) is 48.5 Å². The molecule has 1 saturated heterocycles. The quantitative estimate of drug-likeness (QED) is 0.872. The molecule has 0 saturated carbocycles. The van der Waals surface area contributed by atoms with Gasteiger partial charge in [-0.15, -0.1) is 0 Å². The van der Waals surface area contributed by atoms with Crippen LogP contribution in [0.15, 0.2) is 48.5 Å². The Morgan fingerprint density at radius 2 is 1.64 bits per heavy atom. The van der Waals surface area contributed by atoms with Crippen LogP contribution in [0.25, 0.3) is 0 Å². The van der Waals surface area contributed by atoms with E-state index < -0.39 is 0 Å². The van der Waals surface area contributed by atoms with Crippen molar-refractivity contribution in [2.75, 3.05) is 13.2 Å². The Balaban J connectivity index is 1.47. The van der Waals surface area contributed by atoms with E-state index in [2.05, 4.69) is 5.32 Å². The van der Waals surface area contributed by atoms with E-state index in [0.717, 1.165) is 35.2 Å². The van der Waals surface area contributed by atoms with Gasteiger partial charge in [0.15, 0.2) is 0 Å². The van der Waals surface area contributed by atoms with E-state index in [1.54, 1.807) is 0 Å². The van der Waals surface area contributed by atoms with Gasteiger partial charge >= 0.3 is 0 Å². The second-order valence-corrected chi connectivity index (χ2v) is 5.93. The van der Waals surface area contributed by atoms with Gasteiger partial charge in [0.1, 0.15) is 24.7 Å². The van der Waals surface area contributed by atoms with Crippen molar-refractivity contribution >= 4 is 11.6 Å². The Kier molecular flexibility index (Phi) is 5.20. The third kappa shape index (κ3) is 4.39. The molecule has 0 aliphatic carbocycles. The van der Waals surface area contributed by atoms with Gasteiger partial charge in [0.25, 0.3) is 0 Å². The van der Waals surface area contributed by atoms with Crippen molar-refractivity contribution < 1.29 is 9.47 Å². The summed E-state index contributed by atoms with van der Waals surface area (Å²) in [6, 6.07) is 15.9. The molecule has 0 aromatic heterocycles. The molecular weight excluding hydrogens is 298 g/mol. The summed E-state index contributed by atoms with van der Waals surface area (Å²) in [6.45, 7) is 2.36. The monoisotopic (exact) mass is 317 g/mol. The third-order valence-corrected chi connectivity index (χ3v) is 4.01. The first-order valence-corrected chi connectivity index (χ1v) is 8.01. The minimum atomic E-state index is 0.487. The number of hydrogen-bond donors (Lipinski definition) is 1. The number of benzene rings is 2. The highest BCUT2D eigenvalue weighted by Gasteiger charge is 2.14. The van der Waals surface area contributed by atoms with Crippen molar-refractivity contribution in [3.05, 3.63) is 59.1 Å². The van der Waals surface area contributed by atoms with E-state index in [9.17, 15) is 0 Å². The Morgan fingerprint density at radius 3 is 2.27 bits per heavy atom. The van der Waals surface area contributed by atoms with Gasteiger partial charge in [-0.2, -0.15) is 0 Å². The fourth-order valence-corrected chi connectivity index (χ4v) is 2.60. The maximum Gasteiger partial charge on any atom is 0.120 e. The molecule has 4 heteroatoms. The smallest absolute Gasteiger partial charge is 0.120 e. The fourth-order valence-electron chi connectivity index (χ4n) is 2.48. The van der Waals surface area contributed by atoms with Crippen molar-refractivity contribution in [1.29, 1.82) is 0 Å². The zero-order chi connectivity index (χ0) is 15.2. The maximum absolute atomic E-state index is 5.86. The normalized spacial score (nSPS) is 17.4. The molecule has 2 aromatic carbocycles. The molecule has 22 heavy (non-hydrogen) atoms. The SMILES string of the molecule is Clc1ccc(COc2ccc(OC[C@H]3CCCN3)cc2)cc1. The van der Waals surface area contributed by atoms with Gasteiger partial charge in [0.2, 0.25) is 0 Å². The van der Waals surface area contributed by atoms with Crippen molar-refractivity contribution in [1.82, 2.24) is 5.32 Å². The molecule has 1 aliphatic rings. The highest BCUT2D eigenvalue weighted by atomic mass is 35.5. The average Bonchev–Trinajstić information content (AvgIpc) is 3.07. The predicted molar refractivity (Wildman–Crippen MR) is 88.7 cm³/mol. The fraction of sp³-hybridized carbons (Fsp3) is 0.333. The summed E-state index contributed by atoms with van der Waals surface area (Å²) in [5.74, 6) is 1.72. The van der Waals surface area contributed by atoms with Crippen LogP contribution in [-0.4, -0.2) is 19.2 Å². The molecule has 1 atom stereocenters. The molecule has 1 aliphatic heterocycles. The van der Waals surface area contributed by atoms with Gasteiger partial charge in [-0.05, 0) is 61.3 Å². The molecule has 3 rings (SSSR count). The summed E-state index contributed by atoms with van der Waals surface area (Å²) in [6.07, 6.45) is 2.44. The van der Waals surface area contributed by atoms with E-state index in [0.29, 0.717) is 12.6 Å². The summed E-state index contributed by atoms with van der Waals surface area (Å²) in [4.78, 5) is 0. The van der Waals surface area contributed by atoms with Gasteiger partial charge < -0.3 is 14.8 Å². The minimum absolute atomic E-state index is 0.487. The molecule has 0 radical (unpaired) electrons. The Hall–Kier alpha value is -1.71. The molecule has 116 valence electrons. The topological polar surface area (TPSA) is 30.5 Å². The van der Waals surface area contributed by atoms with Crippen molar-refractivity contribution in [2.24, 2.45) is 0 Å². The zero-order valence-corrected chi connectivity index (χ0v) is 13.2. The lowest BCUT2D eigenvalue weighted by Crippen LogP contribution is -2.28. The van der Waals surface area contributed by atoms with Crippen LogP contribution in [0.5, 0.6) is 11.5 Å². The summed E-state index contributed by atoms with van der Waals surface area (Å²) >= 11 is 5.86. The van der Waals surface area contributed by atoms with E-state index >= 15 is 0 Å². The summed E-state index contributed by atoms with van der Waals surface area (Å²) < 4.78 is 11.5. The highest BCUT2D eigenvalue weighted by molar-refractivity contribution is 6.30.